The molecular formula is C12H16BrNO2S. The molecule has 17 heavy (non-hydrogen) atoms. The molecule has 0 spiro atoms. The molecule has 0 heterocycles. The number of carbonyl (C=O) groups is 1. The van der Waals surface area contributed by atoms with Gasteiger partial charge in [-0.1, -0.05) is 19.1 Å². The molecule has 0 aliphatic carbocycles. The summed E-state index contributed by atoms with van der Waals surface area (Å²) in [5.74, 6) is -0.336. The Bertz CT molecular complexity index is 400. The Kier molecular flexibility index (Phi) is 5.49. The van der Waals surface area contributed by atoms with Gasteiger partial charge in [0, 0.05) is 15.1 Å². The third-order valence-corrected chi connectivity index (χ3v) is 4.73. The van der Waals surface area contributed by atoms with Gasteiger partial charge in [0.1, 0.15) is 5.54 Å². The molecule has 1 rings (SSSR count). The molecule has 94 valence electrons. The lowest BCUT2D eigenvalue weighted by atomic mass is 10.1. The Morgan fingerprint density at radius 1 is 1.53 bits per heavy atom. The van der Waals surface area contributed by atoms with Crippen molar-refractivity contribution in [2.75, 3.05) is 12.3 Å². The van der Waals surface area contributed by atoms with Crippen molar-refractivity contribution in [3.05, 3.63) is 28.7 Å². The number of benzene rings is 1. The number of rotatable bonds is 6. The number of halogens is 1. The number of carboxylic acid groups (broad SMARTS) is 1. The highest BCUT2D eigenvalue weighted by Crippen LogP contribution is 2.29. The van der Waals surface area contributed by atoms with E-state index in [9.17, 15) is 9.90 Å². The molecule has 0 saturated heterocycles. The van der Waals surface area contributed by atoms with Gasteiger partial charge in [0.25, 0.3) is 0 Å². The van der Waals surface area contributed by atoms with Gasteiger partial charge in [-0.3, -0.25) is 4.79 Å². The standard InChI is InChI=1S/C12H16BrNO2S/c1-3-14-12(2,11(15)16)8-17-10-7-5-4-6-9(10)13/h4-7,14H,3,8H2,1-2H3,(H,15,16). The molecule has 0 bridgehead atoms. The fourth-order valence-electron chi connectivity index (χ4n) is 1.36. The predicted molar refractivity (Wildman–Crippen MR) is 74.6 cm³/mol. The molecule has 3 nitrogen and oxygen atoms in total. The van der Waals surface area contributed by atoms with E-state index in [1.165, 1.54) is 11.8 Å². The van der Waals surface area contributed by atoms with E-state index in [0.29, 0.717) is 12.3 Å². The Balaban J connectivity index is 2.71. The van der Waals surface area contributed by atoms with E-state index in [1.807, 2.05) is 31.2 Å². The molecule has 0 aliphatic rings. The molecule has 1 aromatic rings. The van der Waals surface area contributed by atoms with Crippen LogP contribution in [0.25, 0.3) is 0 Å². The molecule has 0 aliphatic heterocycles. The van der Waals surface area contributed by atoms with E-state index in [-0.39, 0.29) is 0 Å². The van der Waals surface area contributed by atoms with Crippen molar-refractivity contribution in [3.8, 4) is 0 Å². The zero-order valence-electron chi connectivity index (χ0n) is 9.87. The van der Waals surface area contributed by atoms with Crippen LogP contribution in [0, 0.1) is 0 Å². The van der Waals surface area contributed by atoms with Crippen molar-refractivity contribution in [3.63, 3.8) is 0 Å². The van der Waals surface area contributed by atoms with Gasteiger partial charge in [0.05, 0.1) is 0 Å². The summed E-state index contributed by atoms with van der Waals surface area (Å²) in [5.41, 5.74) is -0.894. The molecule has 1 atom stereocenters. The number of carboxylic acids is 1. The normalized spacial score (nSPS) is 14.3. The number of thioether (sulfide) groups is 1. The highest BCUT2D eigenvalue weighted by molar-refractivity contribution is 9.10. The van der Waals surface area contributed by atoms with E-state index in [0.717, 1.165) is 9.37 Å². The topological polar surface area (TPSA) is 49.3 Å². The van der Waals surface area contributed by atoms with Crippen LogP contribution in [-0.4, -0.2) is 28.9 Å². The van der Waals surface area contributed by atoms with Crippen LogP contribution in [0.5, 0.6) is 0 Å². The van der Waals surface area contributed by atoms with E-state index in [4.69, 9.17) is 0 Å². The van der Waals surface area contributed by atoms with Gasteiger partial charge in [-0.15, -0.1) is 11.8 Å². The summed E-state index contributed by atoms with van der Waals surface area (Å²) >= 11 is 4.98. The summed E-state index contributed by atoms with van der Waals surface area (Å²) < 4.78 is 0.995. The van der Waals surface area contributed by atoms with Crippen LogP contribution >= 0.6 is 27.7 Å². The minimum Gasteiger partial charge on any atom is -0.480 e. The number of hydrogen-bond acceptors (Lipinski definition) is 3. The van der Waals surface area contributed by atoms with Gasteiger partial charge in [-0.25, -0.2) is 0 Å². The largest absolute Gasteiger partial charge is 0.480 e. The zero-order valence-corrected chi connectivity index (χ0v) is 12.3. The van der Waals surface area contributed by atoms with E-state index < -0.39 is 11.5 Å². The molecule has 0 radical (unpaired) electrons. The summed E-state index contributed by atoms with van der Waals surface area (Å²) in [4.78, 5) is 12.3. The van der Waals surface area contributed by atoms with Crippen LogP contribution < -0.4 is 5.32 Å². The molecule has 1 aromatic carbocycles. The second kappa shape index (κ2) is 6.42. The first-order valence-corrected chi connectivity index (χ1v) is 7.13. The summed E-state index contributed by atoms with van der Waals surface area (Å²) in [6.45, 7) is 4.26. The molecule has 0 amide bonds. The Labute approximate surface area is 114 Å². The maximum atomic E-state index is 11.2. The maximum absolute atomic E-state index is 11.2. The summed E-state index contributed by atoms with van der Waals surface area (Å²) in [6.07, 6.45) is 0. The van der Waals surface area contributed by atoms with Crippen LogP contribution in [0.15, 0.2) is 33.6 Å². The zero-order chi connectivity index (χ0) is 12.9. The molecule has 0 fully saturated rings. The highest BCUT2D eigenvalue weighted by atomic mass is 79.9. The minimum absolute atomic E-state index is 0.485. The Morgan fingerprint density at radius 3 is 2.71 bits per heavy atom. The molecule has 0 saturated carbocycles. The van der Waals surface area contributed by atoms with Gasteiger partial charge >= 0.3 is 5.97 Å². The van der Waals surface area contributed by atoms with Gasteiger partial charge in [0.2, 0.25) is 0 Å². The van der Waals surface area contributed by atoms with Gasteiger partial charge in [-0.05, 0) is 41.5 Å². The monoisotopic (exact) mass is 317 g/mol. The Morgan fingerprint density at radius 2 is 2.18 bits per heavy atom. The maximum Gasteiger partial charge on any atom is 0.324 e. The number of hydrogen-bond donors (Lipinski definition) is 2. The first kappa shape index (κ1) is 14.5. The second-order valence-corrected chi connectivity index (χ2v) is 5.76. The molecule has 5 heteroatoms. The number of likely N-dealkylation sites (N-methyl/N-ethyl adjacent to an activating group) is 1. The average molecular weight is 318 g/mol. The summed E-state index contributed by atoms with van der Waals surface area (Å²) in [5, 5.41) is 12.2. The second-order valence-electron chi connectivity index (χ2n) is 3.89. The van der Waals surface area contributed by atoms with Crippen molar-refractivity contribution >= 4 is 33.7 Å². The van der Waals surface area contributed by atoms with Gasteiger partial charge in [-0.2, -0.15) is 0 Å². The average Bonchev–Trinajstić information content (AvgIpc) is 2.28. The molecule has 2 N–H and O–H groups in total. The number of nitrogens with one attached hydrogen (secondary N) is 1. The first-order valence-electron chi connectivity index (χ1n) is 5.35. The summed E-state index contributed by atoms with van der Waals surface area (Å²) in [7, 11) is 0. The fourth-order valence-corrected chi connectivity index (χ4v) is 3.04. The fraction of sp³-hybridized carbons (Fsp3) is 0.417. The van der Waals surface area contributed by atoms with Crippen molar-refractivity contribution in [2.45, 2.75) is 24.3 Å². The highest BCUT2D eigenvalue weighted by Gasteiger charge is 2.32. The molecular weight excluding hydrogens is 302 g/mol. The predicted octanol–water partition coefficient (Wildman–Crippen LogP) is 2.99. The lowest BCUT2D eigenvalue weighted by Crippen LogP contribution is -2.51. The quantitative estimate of drug-likeness (QED) is 0.792. The van der Waals surface area contributed by atoms with Crippen LogP contribution in [0.1, 0.15) is 13.8 Å². The van der Waals surface area contributed by atoms with Crippen LogP contribution in [-0.2, 0) is 4.79 Å². The van der Waals surface area contributed by atoms with E-state index in [2.05, 4.69) is 21.2 Å². The van der Waals surface area contributed by atoms with E-state index >= 15 is 0 Å². The Hall–Kier alpha value is -0.520. The van der Waals surface area contributed by atoms with Crippen molar-refractivity contribution < 1.29 is 9.90 Å². The van der Waals surface area contributed by atoms with Crippen LogP contribution in [0.4, 0.5) is 0 Å². The smallest absolute Gasteiger partial charge is 0.324 e. The minimum atomic E-state index is -0.894. The van der Waals surface area contributed by atoms with Crippen molar-refractivity contribution in [1.29, 1.82) is 0 Å². The van der Waals surface area contributed by atoms with Crippen LogP contribution in [0.2, 0.25) is 0 Å². The van der Waals surface area contributed by atoms with Gasteiger partial charge < -0.3 is 10.4 Å². The lowest BCUT2D eigenvalue weighted by Gasteiger charge is -2.25. The van der Waals surface area contributed by atoms with Crippen LogP contribution in [0.3, 0.4) is 0 Å². The third kappa shape index (κ3) is 4.01. The molecule has 1 unspecified atom stereocenters. The van der Waals surface area contributed by atoms with Gasteiger partial charge in [0.15, 0.2) is 0 Å². The van der Waals surface area contributed by atoms with E-state index in [1.54, 1.807) is 6.92 Å². The third-order valence-electron chi connectivity index (χ3n) is 2.39. The van der Waals surface area contributed by atoms with Crippen molar-refractivity contribution in [2.24, 2.45) is 0 Å². The lowest BCUT2D eigenvalue weighted by molar-refractivity contribution is -0.143. The number of aliphatic carboxylic acids is 1. The van der Waals surface area contributed by atoms with Crippen molar-refractivity contribution in [1.82, 2.24) is 5.32 Å². The first-order chi connectivity index (χ1) is 7.99. The SMILES string of the molecule is CCNC(C)(CSc1ccccc1Br)C(=O)O. The summed E-state index contributed by atoms with van der Waals surface area (Å²) in [6, 6.07) is 7.81. The molecule has 0 aromatic heterocycles.